The number of pyridine rings is 1. The number of benzene rings is 1. The lowest BCUT2D eigenvalue weighted by Gasteiger charge is -2.36. The van der Waals surface area contributed by atoms with Crippen molar-refractivity contribution in [1.82, 2.24) is 19.5 Å². The number of nitrogens with zero attached hydrogens (tertiary/aromatic N) is 4. The maximum absolute atomic E-state index is 13.3. The molecule has 220 valence electrons. The first kappa shape index (κ1) is 30.0. The summed E-state index contributed by atoms with van der Waals surface area (Å²) in [5, 5.41) is 3.02. The van der Waals surface area contributed by atoms with Crippen molar-refractivity contribution in [3.05, 3.63) is 64.0 Å². The summed E-state index contributed by atoms with van der Waals surface area (Å²) in [4.78, 5) is 23.2. The zero-order chi connectivity index (χ0) is 29.1. The number of carbonyl (C=O) groups is 1. The fraction of sp³-hybridized carbons (Fsp3) is 0.467. The zero-order valence-corrected chi connectivity index (χ0v) is 26.2. The molecule has 2 aliphatic rings. The van der Waals surface area contributed by atoms with Gasteiger partial charge < -0.3 is 10.2 Å². The number of piperazine rings is 1. The molecule has 2 aliphatic heterocycles. The van der Waals surface area contributed by atoms with Crippen LogP contribution in [0, 0.1) is 12.8 Å². The molecule has 0 aliphatic carbocycles. The van der Waals surface area contributed by atoms with Crippen LogP contribution in [0.2, 0.25) is 4.34 Å². The van der Waals surface area contributed by atoms with Crippen LogP contribution in [0.4, 0.5) is 5.82 Å². The Bertz CT molecular complexity index is 1470. The average Bonchev–Trinajstić information content (AvgIpc) is 3.63. The Morgan fingerprint density at radius 3 is 2.46 bits per heavy atom. The normalized spacial score (nSPS) is 18.8. The van der Waals surface area contributed by atoms with Crippen LogP contribution in [-0.4, -0.2) is 73.8 Å². The second-order valence-electron chi connectivity index (χ2n) is 11.3. The van der Waals surface area contributed by atoms with Crippen molar-refractivity contribution in [1.29, 1.82) is 0 Å². The summed E-state index contributed by atoms with van der Waals surface area (Å²) in [7, 11) is -3.79. The highest BCUT2D eigenvalue weighted by Gasteiger charge is 2.40. The van der Waals surface area contributed by atoms with Crippen molar-refractivity contribution in [2.75, 3.05) is 44.2 Å². The molecule has 0 spiro atoms. The third-order valence-corrected chi connectivity index (χ3v) is 11.2. The molecule has 2 fully saturated rings. The predicted molar refractivity (Wildman–Crippen MR) is 166 cm³/mol. The van der Waals surface area contributed by atoms with Gasteiger partial charge in [-0.1, -0.05) is 55.3 Å². The number of nitrogens with one attached hydrogen (secondary N) is 1. The van der Waals surface area contributed by atoms with E-state index in [1.165, 1.54) is 15.9 Å². The Balaban J connectivity index is 1.33. The van der Waals surface area contributed by atoms with Gasteiger partial charge >= 0.3 is 0 Å². The predicted octanol–water partition coefficient (Wildman–Crippen LogP) is 5.02. The van der Waals surface area contributed by atoms with Crippen LogP contribution in [-0.2, 0) is 21.4 Å². The highest BCUT2D eigenvalue weighted by atomic mass is 35.5. The minimum atomic E-state index is -3.79. The lowest BCUT2D eigenvalue weighted by Crippen LogP contribution is -2.47. The molecule has 1 N–H and O–H groups in total. The monoisotopic (exact) mass is 615 g/mol. The van der Waals surface area contributed by atoms with Crippen LogP contribution >= 0.6 is 22.9 Å². The molecule has 1 atom stereocenters. The van der Waals surface area contributed by atoms with Crippen LogP contribution in [0.5, 0.6) is 0 Å². The van der Waals surface area contributed by atoms with E-state index in [1.807, 2.05) is 12.1 Å². The highest BCUT2D eigenvalue weighted by molar-refractivity contribution is 7.91. The largest absolute Gasteiger partial charge is 0.354 e. The molecule has 4 heterocycles. The van der Waals surface area contributed by atoms with Gasteiger partial charge in [-0.25, -0.2) is 13.4 Å². The van der Waals surface area contributed by atoms with E-state index in [2.05, 4.69) is 60.2 Å². The van der Waals surface area contributed by atoms with Gasteiger partial charge in [0.2, 0.25) is 5.91 Å². The van der Waals surface area contributed by atoms with Crippen LogP contribution < -0.4 is 10.2 Å². The summed E-state index contributed by atoms with van der Waals surface area (Å²) < 4.78 is 28.4. The number of aromatic nitrogens is 1. The molecule has 1 amide bonds. The van der Waals surface area contributed by atoms with Crippen LogP contribution in [0.1, 0.15) is 37.8 Å². The smallest absolute Gasteiger partial charge is 0.253 e. The van der Waals surface area contributed by atoms with Crippen molar-refractivity contribution in [3.63, 3.8) is 0 Å². The van der Waals surface area contributed by atoms with Crippen molar-refractivity contribution >= 4 is 44.7 Å². The molecule has 3 aromatic rings. The molecule has 0 bridgehead atoms. The Morgan fingerprint density at radius 2 is 1.80 bits per heavy atom. The van der Waals surface area contributed by atoms with Gasteiger partial charge in [0.15, 0.2) is 0 Å². The summed E-state index contributed by atoms with van der Waals surface area (Å²) >= 11 is 7.01. The lowest BCUT2D eigenvalue weighted by atomic mass is 10.1. The number of thiophene rings is 1. The van der Waals surface area contributed by atoms with Gasteiger partial charge in [-0.3, -0.25) is 9.69 Å². The molecule has 0 saturated carbocycles. The maximum Gasteiger partial charge on any atom is 0.253 e. The third kappa shape index (κ3) is 7.11. The fourth-order valence-electron chi connectivity index (χ4n) is 5.53. The van der Waals surface area contributed by atoms with Crippen LogP contribution in [0.3, 0.4) is 0 Å². The molecule has 0 radical (unpaired) electrons. The summed E-state index contributed by atoms with van der Waals surface area (Å²) in [6.07, 6.45) is 1.12. The second kappa shape index (κ2) is 12.8. The topological polar surface area (TPSA) is 85.8 Å². The molecule has 1 aromatic carbocycles. The van der Waals surface area contributed by atoms with E-state index in [0.29, 0.717) is 29.6 Å². The van der Waals surface area contributed by atoms with Gasteiger partial charge in [0.05, 0.1) is 10.0 Å². The molecule has 11 heteroatoms. The van der Waals surface area contributed by atoms with Gasteiger partial charge in [0.25, 0.3) is 10.0 Å². The lowest BCUT2D eigenvalue weighted by molar-refractivity contribution is -0.124. The summed E-state index contributed by atoms with van der Waals surface area (Å²) in [6.45, 7) is 12.0. The van der Waals surface area contributed by atoms with Crippen molar-refractivity contribution in [3.8, 4) is 11.3 Å². The van der Waals surface area contributed by atoms with Crippen molar-refractivity contribution < 1.29 is 13.2 Å². The standard InChI is InChI=1S/C30H38ClN5O3S2/c1-21(2)20-34-13-15-35(16-14-34)28-18-23(17-25(33-28)24-8-6-22(3)7-9-24)19-32-30(37)26-5-4-12-36(26)41(38,39)29-11-10-27(31)40-29/h6-11,17-18,21,26H,4-5,12-16,19-20H2,1-3H3,(H,32,37)/t26-/m0/s1. The molecule has 2 saturated heterocycles. The Hall–Kier alpha value is -2.50. The fourth-order valence-corrected chi connectivity index (χ4v) is 8.80. The molecule has 8 nitrogen and oxygen atoms in total. The first-order chi connectivity index (χ1) is 19.6. The van der Waals surface area contributed by atoms with E-state index in [1.54, 1.807) is 6.07 Å². The van der Waals surface area contributed by atoms with E-state index >= 15 is 0 Å². The minimum Gasteiger partial charge on any atom is -0.354 e. The number of carbonyl (C=O) groups excluding carboxylic acids is 1. The Kier molecular flexibility index (Phi) is 9.35. The van der Waals surface area contributed by atoms with Gasteiger partial charge in [0.1, 0.15) is 16.1 Å². The summed E-state index contributed by atoms with van der Waals surface area (Å²) in [5.74, 6) is 1.25. The van der Waals surface area contributed by atoms with Crippen molar-refractivity contribution in [2.45, 2.75) is 50.4 Å². The Morgan fingerprint density at radius 1 is 1.07 bits per heavy atom. The number of amides is 1. The second-order valence-corrected chi connectivity index (χ2v) is 15.1. The highest BCUT2D eigenvalue weighted by Crippen LogP contribution is 2.32. The SMILES string of the molecule is Cc1ccc(-c2cc(CNC(=O)[C@@H]3CCCN3S(=O)(=O)c3ccc(Cl)s3)cc(N3CCN(CC(C)C)CC3)n2)cc1. The minimum absolute atomic E-state index is 0.164. The summed E-state index contributed by atoms with van der Waals surface area (Å²) in [6, 6.07) is 14.7. The number of sulfonamides is 1. The quantitative estimate of drug-likeness (QED) is 0.364. The van der Waals surface area contributed by atoms with E-state index in [-0.39, 0.29) is 16.7 Å². The molecular formula is C30H38ClN5O3S2. The van der Waals surface area contributed by atoms with Gasteiger partial charge in [-0.15, -0.1) is 11.3 Å². The third-order valence-electron chi connectivity index (χ3n) is 7.62. The van der Waals surface area contributed by atoms with E-state index in [0.717, 1.165) is 66.7 Å². The van der Waals surface area contributed by atoms with Crippen LogP contribution in [0.15, 0.2) is 52.7 Å². The molecule has 0 unspecified atom stereocenters. The number of anilines is 1. The van der Waals surface area contributed by atoms with Gasteiger partial charge in [0, 0.05) is 51.4 Å². The molecule has 41 heavy (non-hydrogen) atoms. The number of hydrogen-bond acceptors (Lipinski definition) is 7. The van der Waals surface area contributed by atoms with Crippen LogP contribution in [0.25, 0.3) is 11.3 Å². The number of aryl methyl sites for hydroxylation is 1. The first-order valence-electron chi connectivity index (χ1n) is 14.2. The Labute approximate surface area is 252 Å². The molecule has 2 aromatic heterocycles. The molecule has 5 rings (SSSR count). The van der Waals surface area contributed by atoms with Gasteiger partial charge in [-0.05, 0) is 55.5 Å². The first-order valence-corrected chi connectivity index (χ1v) is 16.8. The number of rotatable bonds is 9. The number of hydrogen-bond donors (Lipinski definition) is 1. The average molecular weight is 616 g/mol. The van der Waals surface area contributed by atoms with E-state index < -0.39 is 16.1 Å². The van der Waals surface area contributed by atoms with E-state index in [9.17, 15) is 13.2 Å². The maximum atomic E-state index is 13.3. The van der Waals surface area contributed by atoms with Crippen molar-refractivity contribution in [2.24, 2.45) is 5.92 Å². The summed E-state index contributed by atoms with van der Waals surface area (Å²) in [5.41, 5.74) is 3.99. The zero-order valence-electron chi connectivity index (χ0n) is 23.8. The number of halogens is 1. The van der Waals surface area contributed by atoms with Gasteiger partial charge in [-0.2, -0.15) is 4.31 Å². The van der Waals surface area contributed by atoms with E-state index in [4.69, 9.17) is 16.6 Å². The molecular weight excluding hydrogens is 578 g/mol.